The average molecular weight is 376 g/mol. The fraction of sp³-hybridized carbons (Fsp3) is 0.350. The Morgan fingerprint density at radius 2 is 1.65 bits per heavy atom. The lowest BCUT2D eigenvalue weighted by molar-refractivity contribution is -0.136. The Labute approximate surface area is 154 Å². The highest BCUT2D eigenvalue weighted by Gasteiger charge is 2.33. The number of benzene rings is 2. The number of aliphatic carboxylic acids is 1. The van der Waals surface area contributed by atoms with Gasteiger partial charge in [0, 0.05) is 0 Å². The van der Waals surface area contributed by atoms with Crippen LogP contribution in [0.3, 0.4) is 0 Å². The van der Waals surface area contributed by atoms with Crippen molar-refractivity contribution >= 4 is 15.8 Å². The van der Waals surface area contributed by atoms with E-state index in [4.69, 9.17) is 4.74 Å². The summed E-state index contributed by atoms with van der Waals surface area (Å²) >= 11 is 0. The second kappa shape index (κ2) is 9.38. The van der Waals surface area contributed by atoms with Gasteiger partial charge in [0.2, 0.25) is 0 Å². The van der Waals surface area contributed by atoms with Gasteiger partial charge in [-0.1, -0.05) is 43.2 Å². The van der Waals surface area contributed by atoms with Crippen LogP contribution in [-0.2, 0) is 21.1 Å². The number of ether oxygens (including phenoxy) is 1. The molecule has 0 heterocycles. The lowest BCUT2D eigenvalue weighted by atomic mass is 10.1. The number of hydrogen-bond acceptors (Lipinski definition) is 4. The fourth-order valence-corrected chi connectivity index (χ4v) is 4.41. The second-order valence-corrected chi connectivity index (χ2v) is 8.26. The number of rotatable bonds is 10. The van der Waals surface area contributed by atoms with E-state index in [9.17, 15) is 18.3 Å². The van der Waals surface area contributed by atoms with E-state index in [0.29, 0.717) is 12.2 Å². The molecule has 1 N–H and O–H groups in total. The van der Waals surface area contributed by atoms with Crippen molar-refractivity contribution in [2.75, 3.05) is 7.11 Å². The van der Waals surface area contributed by atoms with Gasteiger partial charge in [-0.15, -0.1) is 0 Å². The van der Waals surface area contributed by atoms with E-state index in [1.165, 1.54) is 36.9 Å². The third-order valence-corrected chi connectivity index (χ3v) is 6.43. The summed E-state index contributed by atoms with van der Waals surface area (Å²) in [5, 5.41) is 7.98. The van der Waals surface area contributed by atoms with E-state index >= 15 is 0 Å². The van der Waals surface area contributed by atoms with Gasteiger partial charge in [0.05, 0.1) is 12.0 Å². The molecular formula is C20H24O5S. The quantitative estimate of drug-likeness (QED) is 0.639. The maximum Gasteiger partial charge on any atom is 0.322 e. The van der Waals surface area contributed by atoms with Crippen LogP contribution >= 0.6 is 0 Å². The molecule has 5 nitrogen and oxygen atoms in total. The predicted octanol–water partition coefficient (Wildman–Crippen LogP) is 3.73. The summed E-state index contributed by atoms with van der Waals surface area (Å²) in [5.41, 5.74) is 1.23. The van der Waals surface area contributed by atoms with Crippen molar-refractivity contribution in [2.24, 2.45) is 0 Å². The highest BCUT2D eigenvalue weighted by molar-refractivity contribution is 7.92. The molecule has 0 radical (unpaired) electrons. The van der Waals surface area contributed by atoms with Crippen LogP contribution in [0.15, 0.2) is 59.5 Å². The van der Waals surface area contributed by atoms with Crippen molar-refractivity contribution in [1.29, 1.82) is 0 Å². The van der Waals surface area contributed by atoms with E-state index in [1.807, 2.05) is 30.3 Å². The van der Waals surface area contributed by atoms with E-state index in [-0.39, 0.29) is 11.3 Å². The fourth-order valence-electron chi connectivity index (χ4n) is 2.82. The molecule has 0 aromatic heterocycles. The van der Waals surface area contributed by atoms with E-state index in [0.717, 1.165) is 19.3 Å². The summed E-state index contributed by atoms with van der Waals surface area (Å²) in [6, 6.07) is 15.8. The molecule has 0 aliphatic rings. The summed E-state index contributed by atoms with van der Waals surface area (Å²) in [4.78, 5) is 11.5. The van der Waals surface area contributed by atoms with Gasteiger partial charge in [-0.05, 0) is 49.1 Å². The molecule has 0 bridgehead atoms. The van der Waals surface area contributed by atoms with Crippen LogP contribution in [0, 0.1) is 0 Å². The van der Waals surface area contributed by atoms with Gasteiger partial charge in [0.15, 0.2) is 15.1 Å². The van der Waals surface area contributed by atoms with Gasteiger partial charge >= 0.3 is 5.97 Å². The number of methoxy groups -OCH3 is 1. The van der Waals surface area contributed by atoms with Crippen molar-refractivity contribution in [1.82, 2.24) is 0 Å². The Balaban J connectivity index is 1.93. The highest BCUT2D eigenvalue weighted by atomic mass is 32.2. The number of aryl methyl sites for hydroxylation is 1. The van der Waals surface area contributed by atoms with Crippen LogP contribution in [0.2, 0.25) is 0 Å². The zero-order valence-corrected chi connectivity index (χ0v) is 15.6. The molecule has 0 aliphatic heterocycles. The first-order valence-electron chi connectivity index (χ1n) is 8.60. The summed E-state index contributed by atoms with van der Waals surface area (Å²) in [6.07, 6.45) is 3.26. The summed E-state index contributed by atoms with van der Waals surface area (Å²) in [6.45, 7) is 0. The first-order valence-corrected chi connectivity index (χ1v) is 10.1. The van der Waals surface area contributed by atoms with Gasteiger partial charge < -0.3 is 9.84 Å². The van der Waals surface area contributed by atoms with Crippen LogP contribution < -0.4 is 4.74 Å². The molecule has 0 saturated heterocycles. The first-order chi connectivity index (χ1) is 12.4. The van der Waals surface area contributed by atoms with Gasteiger partial charge in [0.25, 0.3) is 0 Å². The van der Waals surface area contributed by atoms with Gasteiger partial charge in [0.1, 0.15) is 5.75 Å². The molecule has 0 fully saturated rings. The molecule has 1 atom stereocenters. The maximum atomic E-state index is 12.6. The van der Waals surface area contributed by atoms with Crippen molar-refractivity contribution in [3.05, 3.63) is 60.2 Å². The van der Waals surface area contributed by atoms with Gasteiger partial charge in [-0.2, -0.15) is 0 Å². The molecule has 2 aromatic rings. The molecule has 2 rings (SSSR count). The van der Waals surface area contributed by atoms with Gasteiger partial charge in [-0.3, -0.25) is 4.79 Å². The topological polar surface area (TPSA) is 80.7 Å². The summed E-state index contributed by atoms with van der Waals surface area (Å²) < 4.78 is 30.3. The lowest BCUT2D eigenvalue weighted by Gasteiger charge is -2.14. The summed E-state index contributed by atoms with van der Waals surface area (Å²) in [5.74, 6) is -0.777. The number of unbranched alkanes of at least 4 members (excludes halogenated alkanes) is 2. The molecule has 0 amide bonds. The normalized spacial score (nSPS) is 12.5. The molecule has 1 unspecified atom stereocenters. The van der Waals surface area contributed by atoms with Crippen molar-refractivity contribution in [2.45, 2.75) is 42.2 Å². The molecule has 2 aromatic carbocycles. The van der Waals surface area contributed by atoms with Gasteiger partial charge in [-0.25, -0.2) is 8.42 Å². The molecule has 140 valence electrons. The second-order valence-electron chi connectivity index (χ2n) is 6.13. The van der Waals surface area contributed by atoms with Crippen molar-refractivity contribution in [3.63, 3.8) is 0 Å². The number of carbonyl (C=O) groups is 1. The highest BCUT2D eigenvalue weighted by Crippen LogP contribution is 2.23. The molecule has 6 heteroatoms. The van der Waals surface area contributed by atoms with Crippen LogP contribution in [-0.4, -0.2) is 31.9 Å². The average Bonchev–Trinajstić information content (AvgIpc) is 2.65. The Bertz CT molecular complexity index is 798. The smallest absolute Gasteiger partial charge is 0.322 e. The lowest BCUT2D eigenvalue weighted by Crippen LogP contribution is -2.30. The third kappa shape index (κ3) is 5.33. The van der Waals surface area contributed by atoms with Crippen LogP contribution in [0.25, 0.3) is 0 Å². The minimum Gasteiger partial charge on any atom is -0.497 e. The molecule has 26 heavy (non-hydrogen) atoms. The Morgan fingerprint density at radius 1 is 1.00 bits per heavy atom. The number of sulfone groups is 1. The van der Waals surface area contributed by atoms with E-state index in [2.05, 4.69) is 0 Å². The van der Waals surface area contributed by atoms with Crippen LogP contribution in [0.4, 0.5) is 0 Å². The van der Waals surface area contributed by atoms with Crippen molar-refractivity contribution in [3.8, 4) is 5.75 Å². The molecule has 0 saturated carbocycles. The van der Waals surface area contributed by atoms with Crippen molar-refractivity contribution < 1.29 is 23.1 Å². The number of hydrogen-bond donors (Lipinski definition) is 1. The van der Waals surface area contributed by atoms with Crippen LogP contribution in [0.1, 0.15) is 31.2 Å². The largest absolute Gasteiger partial charge is 0.497 e. The number of carboxylic acids is 1. The summed E-state index contributed by atoms with van der Waals surface area (Å²) in [7, 11) is -2.43. The Hall–Kier alpha value is -2.34. The predicted molar refractivity (Wildman–Crippen MR) is 100 cm³/mol. The monoisotopic (exact) mass is 376 g/mol. The number of carboxylic acid groups (broad SMARTS) is 1. The Kier molecular flexibility index (Phi) is 7.21. The molecule has 0 spiro atoms. The standard InChI is InChI=1S/C20H24O5S/c1-25-17-12-14-18(15-13-17)26(23,24)19(20(21)22)11-7-3-6-10-16-8-4-2-5-9-16/h2,4-5,8-9,12-15,19H,3,6-7,10-11H2,1H3,(H,21,22). The zero-order chi connectivity index (χ0) is 19.0. The van der Waals surface area contributed by atoms with E-state index < -0.39 is 21.1 Å². The minimum absolute atomic E-state index is 0.00925. The third-order valence-electron chi connectivity index (χ3n) is 4.31. The minimum atomic E-state index is -3.92. The molecular weight excluding hydrogens is 352 g/mol. The zero-order valence-electron chi connectivity index (χ0n) is 14.8. The maximum absolute atomic E-state index is 12.6. The SMILES string of the molecule is COc1ccc(S(=O)(=O)C(CCCCCc2ccccc2)C(=O)O)cc1. The van der Waals surface area contributed by atoms with Crippen LogP contribution in [0.5, 0.6) is 5.75 Å². The Morgan fingerprint density at radius 3 is 2.23 bits per heavy atom. The molecule has 0 aliphatic carbocycles. The van der Waals surface area contributed by atoms with E-state index in [1.54, 1.807) is 0 Å². The first kappa shape index (κ1) is 20.0.